The molecule has 2 aromatic rings. The summed E-state index contributed by atoms with van der Waals surface area (Å²) >= 11 is 3.35. The molecule has 1 aromatic carbocycles. The Bertz CT molecular complexity index is 540. The molecule has 0 aliphatic carbocycles. The Hall–Kier alpha value is -1.69. The smallest absolute Gasteiger partial charge is 0.251 e. The number of amides is 1. The fraction of sp³-hybridized carbons (Fsp3) is 0.250. The summed E-state index contributed by atoms with van der Waals surface area (Å²) in [5.74, 6) is 0.412. The fourth-order valence-electron chi connectivity index (χ4n) is 1.52. The first kappa shape index (κ1) is 12.8. The van der Waals surface area contributed by atoms with Gasteiger partial charge in [-0.25, -0.2) is 0 Å². The van der Waals surface area contributed by atoms with Crippen LogP contribution in [-0.2, 0) is 6.42 Å². The Morgan fingerprint density at radius 1 is 1.50 bits per heavy atom. The molecule has 0 aliphatic rings. The van der Waals surface area contributed by atoms with Crippen LogP contribution in [0, 0.1) is 6.92 Å². The zero-order valence-corrected chi connectivity index (χ0v) is 11.4. The van der Waals surface area contributed by atoms with E-state index < -0.39 is 0 Å². The summed E-state index contributed by atoms with van der Waals surface area (Å²) < 4.78 is 5.73. The predicted molar refractivity (Wildman–Crippen MR) is 69.2 cm³/mol. The number of hydrogen-bond donors (Lipinski definition) is 1. The maximum absolute atomic E-state index is 11.9. The van der Waals surface area contributed by atoms with E-state index in [0.717, 1.165) is 10.0 Å². The van der Waals surface area contributed by atoms with E-state index in [0.29, 0.717) is 24.4 Å². The van der Waals surface area contributed by atoms with Gasteiger partial charge in [0.1, 0.15) is 0 Å². The summed E-state index contributed by atoms with van der Waals surface area (Å²) in [4.78, 5) is 15.8. The first-order valence-corrected chi connectivity index (χ1v) is 6.26. The van der Waals surface area contributed by atoms with Crippen LogP contribution in [0.4, 0.5) is 0 Å². The molecule has 94 valence electrons. The second-order valence-electron chi connectivity index (χ2n) is 3.80. The van der Waals surface area contributed by atoms with E-state index in [1.165, 1.54) is 6.33 Å². The lowest BCUT2D eigenvalue weighted by Gasteiger charge is -2.07. The summed E-state index contributed by atoms with van der Waals surface area (Å²) in [6.07, 6.45) is 1.87. The number of hydrogen-bond acceptors (Lipinski definition) is 4. The minimum atomic E-state index is -0.103. The lowest BCUT2D eigenvalue weighted by atomic mass is 10.1. The lowest BCUT2D eigenvalue weighted by Crippen LogP contribution is -2.26. The van der Waals surface area contributed by atoms with Gasteiger partial charge in [-0.05, 0) is 24.6 Å². The normalized spacial score (nSPS) is 10.3. The van der Waals surface area contributed by atoms with Gasteiger partial charge in [-0.15, -0.1) is 0 Å². The zero-order chi connectivity index (χ0) is 13.0. The van der Waals surface area contributed by atoms with Gasteiger partial charge in [0.15, 0.2) is 6.33 Å². The monoisotopic (exact) mass is 309 g/mol. The first-order chi connectivity index (χ1) is 8.66. The van der Waals surface area contributed by atoms with Gasteiger partial charge in [-0.1, -0.05) is 27.2 Å². The Labute approximate surface area is 113 Å². The molecule has 0 radical (unpaired) electrons. The molecule has 1 heterocycles. The summed E-state index contributed by atoms with van der Waals surface area (Å²) in [6.45, 7) is 2.37. The molecule has 0 bridgehead atoms. The number of carbonyl (C=O) groups excluding carboxylic acids is 1. The maximum atomic E-state index is 11.9. The van der Waals surface area contributed by atoms with Gasteiger partial charge in [0.25, 0.3) is 5.91 Å². The molecule has 6 heteroatoms. The minimum absolute atomic E-state index is 0.103. The number of nitrogens with one attached hydrogen (secondary N) is 1. The van der Waals surface area contributed by atoms with E-state index in [-0.39, 0.29) is 5.91 Å². The van der Waals surface area contributed by atoms with Gasteiger partial charge < -0.3 is 9.84 Å². The summed E-state index contributed by atoms with van der Waals surface area (Å²) in [7, 11) is 0. The van der Waals surface area contributed by atoms with E-state index in [9.17, 15) is 4.79 Å². The van der Waals surface area contributed by atoms with Crippen molar-refractivity contribution >= 4 is 21.8 Å². The van der Waals surface area contributed by atoms with Gasteiger partial charge in [-0.3, -0.25) is 4.79 Å². The van der Waals surface area contributed by atoms with Crippen molar-refractivity contribution in [2.24, 2.45) is 0 Å². The SMILES string of the molecule is Cc1ccc(Br)cc1C(=O)NCCc1ncno1. The van der Waals surface area contributed by atoms with Crippen molar-refractivity contribution in [3.63, 3.8) is 0 Å². The zero-order valence-electron chi connectivity index (χ0n) is 9.81. The number of aryl methyl sites for hydroxylation is 1. The van der Waals surface area contributed by atoms with Crippen LogP contribution >= 0.6 is 15.9 Å². The van der Waals surface area contributed by atoms with Crippen LogP contribution in [0.25, 0.3) is 0 Å². The van der Waals surface area contributed by atoms with Crippen molar-refractivity contribution < 1.29 is 9.32 Å². The molecule has 5 nitrogen and oxygen atoms in total. The quantitative estimate of drug-likeness (QED) is 0.939. The topological polar surface area (TPSA) is 68.0 Å². The van der Waals surface area contributed by atoms with Crippen LogP contribution in [0.5, 0.6) is 0 Å². The average molecular weight is 310 g/mol. The summed E-state index contributed by atoms with van der Waals surface area (Å²) in [6, 6.07) is 5.61. The van der Waals surface area contributed by atoms with Crippen molar-refractivity contribution in [2.75, 3.05) is 6.54 Å². The van der Waals surface area contributed by atoms with E-state index in [2.05, 4.69) is 31.4 Å². The molecule has 2 rings (SSSR count). The highest BCUT2D eigenvalue weighted by atomic mass is 79.9. The molecule has 0 saturated carbocycles. The number of rotatable bonds is 4. The van der Waals surface area contributed by atoms with Crippen molar-refractivity contribution in [1.82, 2.24) is 15.5 Å². The van der Waals surface area contributed by atoms with Crippen LogP contribution in [0.15, 0.2) is 33.5 Å². The second kappa shape index (κ2) is 5.77. The first-order valence-electron chi connectivity index (χ1n) is 5.46. The molecule has 0 aliphatic heterocycles. The Balaban J connectivity index is 1.93. The van der Waals surface area contributed by atoms with Crippen LogP contribution in [0.1, 0.15) is 21.8 Å². The highest BCUT2D eigenvalue weighted by Crippen LogP contribution is 2.15. The van der Waals surface area contributed by atoms with Crippen LogP contribution in [0.2, 0.25) is 0 Å². The predicted octanol–water partition coefficient (Wildman–Crippen LogP) is 2.11. The maximum Gasteiger partial charge on any atom is 0.251 e. The summed E-state index contributed by atoms with van der Waals surface area (Å²) in [5.41, 5.74) is 1.60. The molecule has 1 amide bonds. The van der Waals surface area contributed by atoms with Crippen LogP contribution < -0.4 is 5.32 Å². The average Bonchev–Trinajstić information content (AvgIpc) is 2.85. The van der Waals surface area contributed by atoms with Gasteiger partial charge in [0.2, 0.25) is 5.89 Å². The number of benzene rings is 1. The van der Waals surface area contributed by atoms with Crippen LogP contribution in [0.3, 0.4) is 0 Å². The van der Waals surface area contributed by atoms with E-state index in [1.807, 2.05) is 19.1 Å². The molecule has 0 saturated heterocycles. The lowest BCUT2D eigenvalue weighted by molar-refractivity contribution is 0.0952. The van der Waals surface area contributed by atoms with E-state index in [1.54, 1.807) is 6.07 Å². The van der Waals surface area contributed by atoms with Crippen molar-refractivity contribution in [3.8, 4) is 0 Å². The van der Waals surface area contributed by atoms with Gasteiger partial charge in [0, 0.05) is 23.0 Å². The number of nitrogens with zero attached hydrogens (tertiary/aromatic N) is 2. The number of carbonyl (C=O) groups is 1. The Kier molecular flexibility index (Phi) is 4.09. The molecule has 0 spiro atoms. The van der Waals surface area contributed by atoms with Gasteiger partial charge in [-0.2, -0.15) is 4.98 Å². The Morgan fingerprint density at radius 3 is 3.06 bits per heavy atom. The number of halogens is 1. The number of aromatic nitrogens is 2. The molecule has 1 N–H and O–H groups in total. The van der Waals surface area contributed by atoms with Gasteiger partial charge in [0.05, 0.1) is 0 Å². The largest absolute Gasteiger partial charge is 0.352 e. The van der Waals surface area contributed by atoms with Crippen molar-refractivity contribution in [2.45, 2.75) is 13.3 Å². The fourth-order valence-corrected chi connectivity index (χ4v) is 1.88. The highest BCUT2D eigenvalue weighted by molar-refractivity contribution is 9.10. The third kappa shape index (κ3) is 3.16. The minimum Gasteiger partial charge on any atom is -0.352 e. The third-order valence-electron chi connectivity index (χ3n) is 2.48. The van der Waals surface area contributed by atoms with E-state index in [4.69, 9.17) is 4.52 Å². The third-order valence-corrected chi connectivity index (χ3v) is 2.97. The van der Waals surface area contributed by atoms with E-state index >= 15 is 0 Å². The Morgan fingerprint density at radius 2 is 2.33 bits per heavy atom. The molecule has 0 atom stereocenters. The molecule has 1 aromatic heterocycles. The molecule has 0 fully saturated rings. The van der Waals surface area contributed by atoms with Gasteiger partial charge >= 0.3 is 0 Å². The second-order valence-corrected chi connectivity index (χ2v) is 4.72. The molecular weight excluding hydrogens is 298 g/mol. The van der Waals surface area contributed by atoms with Crippen molar-refractivity contribution in [3.05, 3.63) is 46.0 Å². The molecule has 18 heavy (non-hydrogen) atoms. The van der Waals surface area contributed by atoms with Crippen molar-refractivity contribution in [1.29, 1.82) is 0 Å². The molecule has 0 unspecified atom stereocenters. The summed E-state index contributed by atoms with van der Waals surface area (Å²) in [5, 5.41) is 6.32. The standard InChI is InChI=1S/C12H12BrN3O2/c1-8-2-3-9(13)6-10(8)12(17)14-5-4-11-15-7-16-18-11/h2-3,6-7H,4-5H2,1H3,(H,14,17). The molecular formula is C12H12BrN3O2. The highest BCUT2D eigenvalue weighted by Gasteiger charge is 2.09. The van der Waals surface area contributed by atoms with Crippen LogP contribution in [-0.4, -0.2) is 22.6 Å².